The fourth-order valence-electron chi connectivity index (χ4n) is 3.07. The molecular weight excluding hydrogens is 556 g/mol. The van der Waals surface area contributed by atoms with Gasteiger partial charge in [0.1, 0.15) is 34.5 Å². The molecule has 202 valence electrons. The second-order valence-electron chi connectivity index (χ2n) is 7.33. The van der Waals surface area contributed by atoms with Crippen LogP contribution in [0.4, 0.5) is 26.3 Å². The monoisotopic (exact) mass is 569 g/mol. The summed E-state index contributed by atoms with van der Waals surface area (Å²) in [5.74, 6) is -2.30. The van der Waals surface area contributed by atoms with Gasteiger partial charge in [0, 0.05) is 12.1 Å². The number of aromatic hydroxyl groups is 1. The van der Waals surface area contributed by atoms with Gasteiger partial charge >= 0.3 is 0 Å². The molecule has 0 spiro atoms. The molecule has 0 radical (unpaired) electrons. The quantitative estimate of drug-likeness (QED) is 0.158. The molecular formula is C24H13F6N3O5S. The first-order valence-electron chi connectivity index (χ1n) is 10.5. The van der Waals surface area contributed by atoms with E-state index in [9.17, 15) is 36.2 Å². The van der Waals surface area contributed by atoms with E-state index in [1.54, 1.807) is 0 Å². The minimum atomic E-state index is -2.84. The van der Waals surface area contributed by atoms with Gasteiger partial charge in [-0.2, -0.15) is 0 Å². The van der Waals surface area contributed by atoms with Crippen LogP contribution < -0.4 is 4.74 Å². The van der Waals surface area contributed by atoms with E-state index in [-0.39, 0.29) is 33.6 Å². The van der Waals surface area contributed by atoms with Gasteiger partial charge in [-0.15, -0.1) is 0 Å². The van der Waals surface area contributed by atoms with Crippen LogP contribution in [0.1, 0.15) is 33.9 Å². The first-order chi connectivity index (χ1) is 18.7. The number of hydrogen-bond donors (Lipinski definition) is 1. The van der Waals surface area contributed by atoms with Gasteiger partial charge in [-0.25, -0.2) is 31.3 Å². The predicted molar refractivity (Wildman–Crippen MR) is 123 cm³/mol. The smallest absolute Gasteiger partial charge is 0.283 e. The second kappa shape index (κ2) is 11.8. The Bertz CT molecular complexity index is 1570. The maximum absolute atomic E-state index is 14.1. The molecule has 0 fully saturated rings. The lowest BCUT2D eigenvalue weighted by Gasteiger charge is -2.07. The van der Waals surface area contributed by atoms with Crippen LogP contribution in [0, 0.1) is 11.6 Å². The van der Waals surface area contributed by atoms with Gasteiger partial charge in [-0.05, 0) is 24.3 Å². The Balaban J connectivity index is 0.000000193. The van der Waals surface area contributed by atoms with Crippen molar-refractivity contribution in [2.24, 2.45) is 0 Å². The molecule has 0 saturated heterocycles. The number of thiazole rings is 1. The third-order valence-electron chi connectivity index (χ3n) is 4.78. The van der Waals surface area contributed by atoms with Crippen LogP contribution in [0.25, 0.3) is 22.6 Å². The zero-order valence-electron chi connectivity index (χ0n) is 19.0. The number of aromatic nitrogens is 3. The molecule has 0 bridgehead atoms. The summed E-state index contributed by atoms with van der Waals surface area (Å²) in [5, 5.41) is 15.7. The third kappa shape index (κ3) is 6.26. The number of carbonyl (C=O) groups excluding carboxylic acids is 1. The van der Waals surface area contributed by atoms with Crippen LogP contribution in [0.3, 0.4) is 0 Å². The summed E-state index contributed by atoms with van der Waals surface area (Å²) in [6.45, 7) is 0. The molecule has 3 aromatic heterocycles. The van der Waals surface area contributed by atoms with E-state index in [4.69, 9.17) is 9.26 Å². The molecule has 5 aromatic rings. The Morgan fingerprint density at radius 2 is 1.44 bits per heavy atom. The Labute approximate surface area is 218 Å². The van der Waals surface area contributed by atoms with E-state index < -0.39 is 41.6 Å². The first-order valence-corrected chi connectivity index (χ1v) is 11.3. The van der Waals surface area contributed by atoms with Gasteiger partial charge < -0.3 is 18.9 Å². The van der Waals surface area contributed by atoms with Crippen molar-refractivity contribution in [3.8, 4) is 39.3 Å². The summed E-state index contributed by atoms with van der Waals surface area (Å²) in [4.78, 5) is 14.8. The molecule has 1 N–H and O–H groups in total. The number of ether oxygens (including phenoxy) is 1. The number of alkyl halides is 4. The maximum atomic E-state index is 14.1. The summed E-state index contributed by atoms with van der Waals surface area (Å²) in [6, 6.07) is 9.36. The van der Waals surface area contributed by atoms with Crippen molar-refractivity contribution in [3.05, 3.63) is 82.6 Å². The van der Waals surface area contributed by atoms with E-state index in [0.717, 1.165) is 35.6 Å². The van der Waals surface area contributed by atoms with Crippen LogP contribution in [-0.4, -0.2) is 26.7 Å². The predicted octanol–water partition coefficient (Wildman–Crippen LogP) is 7.60. The molecule has 8 nitrogen and oxygen atoms in total. The highest BCUT2D eigenvalue weighted by molar-refractivity contribution is 7.15. The van der Waals surface area contributed by atoms with E-state index >= 15 is 0 Å². The van der Waals surface area contributed by atoms with Crippen molar-refractivity contribution in [3.63, 3.8) is 0 Å². The molecule has 39 heavy (non-hydrogen) atoms. The van der Waals surface area contributed by atoms with Gasteiger partial charge in [0.25, 0.3) is 18.0 Å². The number of rotatable bonds is 7. The Kier molecular flexibility index (Phi) is 8.29. The summed E-state index contributed by atoms with van der Waals surface area (Å²) in [5.41, 5.74) is -1.64. The Morgan fingerprint density at radius 1 is 0.872 bits per heavy atom. The molecule has 2 aromatic carbocycles. The zero-order chi connectivity index (χ0) is 28.1. The number of aldehydes is 1. The number of phenolic OH excluding ortho intramolecular Hbond substituents is 1. The van der Waals surface area contributed by atoms with E-state index in [1.807, 2.05) is 0 Å². The highest BCUT2D eigenvalue weighted by atomic mass is 32.1. The molecule has 5 rings (SSSR count). The number of nitrogens with zero attached hydrogens (tertiary/aromatic N) is 3. The summed E-state index contributed by atoms with van der Waals surface area (Å²) in [7, 11) is 0. The molecule has 0 aliphatic rings. The molecule has 3 heterocycles. The summed E-state index contributed by atoms with van der Waals surface area (Å²) in [6.07, 6.45) is -3.73. The minimum Gasteiger partial charge on any atom is -0.507 e. The van der Waals surface area contributed by atoms with E-state index in [0.29, 0.717) is 11.2 Å². The normalized spacial score (nSPS) is 11.0. The van der Waals surface area contributed by atoms with Gasteiger partial charge in [-0.1, -0.05) is 33.8 Å². The fourth-order valence-corrected chi connectivity index (χ4v) is 3.66. The molecule has 0 aliphatic carbocycles. The lowest BCUT2D eigenvalue weighted by molar-refractivity contribution is 0.112. The van der Waals surface area contributed by atoms with Crippen LogP contribution in [0.2, 0.25) is 0 Å². The van der Waals surface area contributed by atoms with Crippen LogP contribution in [0.15, 0.2) is 63.8 Å². The van der Waals surface area contributed by atoms with Gasteiger partial charge in [0.05, 0.1) is 22.2 Å². The molecule has 0 saturated carbocycles. The lowest BCUT2D eigenvalue weighted by Crippen LogP contribution is -1.90. The maximum Gasteiger partial charge on any atom is 0.283 e. The van der Waals surface area contributed by atoms with Crippen LogP contribution in [0.5, 0.6) is 16.7 Å². The zero-order valence-corrected chi connectivity index (χ0v) is 19.8. The average Bonchev–Trinajstić information content (AvgIpc) is 3.66. The Morgan fingerprint density at radius 3 is 1.95 bits per heavy atom. The number of halogens is 6. The number of phenols is 1. The van der Waals surface area contributed by atoms with Gasteiger partial charge in [0.15, 0.2) is 17.8 Å². The topological polar surface area (TPSA) is 111 Å². The van der Waals surface area contributed by atoms with Crippen molar-refractivity contribution < 1.29 is 50.0 Å². The van der Waals surface area contributed by atoms with Crippen LogP contribution >= 0.6 is 11.3 Å². The van der Waals surface area contributed by atoms with E-state index in [2.05, 4.69) is 19.8 Å². The number of hydrogen-bond acceptors (Lipinski definition) is 9. The van der Waals surface area contributed by atoms with Gasteiger partial charge in [0.2, 0.25) is 0 Å². The second-order valence-corrected chi connectivity index (χ2v) is 8.35. The van der Waals surface area contributed by atoms with Crippen molar-refractivity contribution in [1.29, 1.82) is 0 Å². The van der Waals surface area contributed by atoms with Crippen molar-refractivity contribution >= 4 is 17.6 Å². The first kappa shape index (κ1) is 27.4. The molecule has 0 aliphatic heterocycles. The van der Waals surface area contributed by atoms with E-state index in [1.165, 1.54) is 30.5 Å². The highest BCUT2D eigenvalue weighted by Crippen LogP contribution is 2.38. The largest absolute Gasteiger partial charge is 0.507 e. The molecule has 15 heteroatoms. The summed E-state index contributed by atoms with van der Waals surface area (Å²) >= 11 is 0.957. The van der Waals surface area contributed by atoms with Crippen molar-refractivity contribution in [1.82, 2.24) is 15.3 Å². The van der Waals surface area contributed by atoms with Crippen LogP contribution in [-0.2, 0) is 0 Å². The average molecular weight is 569 g/mol. The number of benzene rings is 2. The standard InChI is InChI=1S/C14H7F3N2O3S.C10H6F3NO2/c15-8-2-1-3-10(21-14-18-5-7(6-20)23-14)12(8)11-4-9(13(16)17)19-22-11;11-5-2-1-3-7(15)9(5)8-4-6(10(12)13)14-16-8/h1-6,13H;1-4,10,15H. The third-order valence-corrected chi connectivity index (χ3v) is 5.58. The highest BCUT2D eigenvalue weighted by Gasteiger charge is 2.22. The SMILES string of the molecule is O=Cc1cnc(Oc2cccc(F)c2-c2cc(C(F)F)no2)s1.Oc1cccc(F)c1-c1cc(C(F)F)no1. The molecule has 0 atom stereocenters. The Hall–Kier alpha value is -4.66. The fraction of sp³-hybridized carbons (Fsp3) is 0.0833. The number of carbonyl (C=O) groups is 1. The van der Waals surface area contributed by atoms with Crippen molar-refractivity contribution in [2.75, 3.05) is 0 Å². The van der Waals surface area contributed by atoms with Gasteiger partial charge in [-0.3, -0.25) is 4.79 Å². The molecule has 0 amide bonds. The van der Waals surface area contributed by atoms with Crippen molar-refractivity contribution in [2.45, 2.75) is 12.9 Å². The lowest BCUT2D eigenvalue weighted by atomic mass is 10.1. The summed E-state index contributed by atoms with van der Waals surface area (Å²) < 4.78 is 91.8. The molecule has 0 unspecified atom stereocenters. The minimum absolute atomic E-state index is 0.00812.